The summed E-state index contributed by atoms with van der Waals surface area (Å²) in [6.07, 6.45) is 1.27. The van der Waals surface area contributed by atoms with E-state index in [1.807, 2.05) is 24.3 Å². The Morgan fingerprint density at radius 3 is 2.65 bits per heavy atom. The standard InChI is InChI=1S/C15H13ClO/c1-10-9-12-3-2-4-14(15(12)17-10)11-5-7-13(16)8-6-11/h2-8,10H,9H2,1H3. The van der Waals surface area contributed by atoms with Crippen molar-refractivity contribution in [3.05, 3.63) is 53.1 Å². The number of fused-ring (bicyclic) bond motifs is 1. The predicted octanol–water partition coefficient (Wildman–Crippen LogP) is 4.33. The first-order chi connectivity index (χ1) is 8.24. The zero-order chi connectivity index (χ0) is 11.8. The lowest BCUT2D eigenvalue weighted by molar-refractivity contribution is 0.255. The summed E-state index contributed by atoms with van der Waals surface area (Å²) in [7, 11) is 0. The number of hydrogen-bond donors (Lipinski definition) is 0. The maximum absolute atomic E-state index is 5.91. The van der Waals surface area contributed by atoms with Gasteiger partial charge in [0.05, 0.1) is 0 Å². The third kappa shape index (κ3) is 1.91. The van der Waals surface area contributed by atoms with Gasteiger partial charge in [-0.1, -0.05) is 41.9 Å². The Morgan fingerprint density at radius 1 is 1.12 bits per heavy atom. The third-order valence-corrected chi connectivity index (χ3v) is 3.33. The van der Waals surface area contributed by atoms with Crippen molar-refractivity contribution in [1.29, 1.82) is 0 Å². The SMILES string of the molecule is CC1Cc2cccc(-c3ccc(Cl)cc3)c2O1. The predicted molar refractivity (Wildman–Crippen MR) is 70.7 cm³/mol. The summed E-state index contributed by atoms with van der Waals surface area (Å²) in [5.74, 6) is 1.03. The van der Waals surface area contributed by atoms with Gasteiger partial charge in [0.1, 0.15) is 11.9 Å². The van der Waals surface area contributed by atoms with Gasteiger partial charge >= 0.3 is 0 Å². The molecular weight excluding hydrogens is 232 g/mol. The molecular formula is C15H13ClO. The van der Waals surface area contributed by atoms with Crippen molar-refractivity contribution >= 4 is 11.6 Å². The lowest BCUT2D eigenvalue weighted by Crippen LogP contribution is -2.05. The van der Waals surface area contributed by atoms with Gasteiger partial charge < -0.3 is 4.74 Å². The van der Waals surface area contributed by atoms with Crippen molar-refractivity contribution < 1.29 is 4.74 Å². The number of rotatable bonds is 1. The molecule has 0 spiro atoms. The van der Waals surface area contributed by atoms with Crippen LogP contribution < -0.4 is 4.74 Å². The summed E-state index contributed by atoms with van der Waals surface area (Å²) in [5.41, 5.74) is 3.61. The van der Waals surface area contributed by atoms with Gasteiger partial charge in [0.15, 0.2) is 0 Å². The molecule has 2 aromatic carbocycles. The van der Waals surface area contributed by atoms with Gasteiger partial charge in [0.25, 0.3) is 0 Å². The van der Waals surface area contributed by atoms with E-state index in [4.69, 9.17) is 16.3 Å². The summed E-state index contributed by atoms with van der Waals surface area (Å²) in [6, 6.07) is 14.2. The smallest absolute Gasteiger partial charge is 0.130 e. The second-order valence-electron chi connectivity index (χ2n) is 4.43. The van der Waals surface area contributed by atoms with E-state index in [0.29, 0.717) is 0 Å². The lowest BCUT2D eigenvalue weighted by atomic mass is 10.0. The molecule has 1 unspecified atom stereocenters. The fourth-order valence-electron chi connectivity index (χ4n) is 2.29. The minimum atomic E-state index is 0.276. The molecule has 0 saturated heterocycles. The van der Waals surface area contributed by atoms with Crippen LogP contribution in [0.3, 0.4) is 0 Å². The van der Waals surface area contributed by atoms with E-state index in [-0.39, 0.29) is 6.10 Å². The highest BCUT2D eigenvalue weighted by molar-refractivity contribution is 6.30. The Hall–Kier alpha value is -1.47. The Labute approximate surface area is 106 Å². The van der Waals surface area contributed by atoms with E-state index in [1.165, 1.54) is 5.56 Å². The van der Waals surface area contributed by atoms with Crippen LogP contribution in [0.25, 0.3) is 11.1 Å². The van der Waals surface area contributed by atoms with E-state index < -0.39 is 0 Å². The first-order valence-corrected chi connectivity index (χ1v) is 6.16. The highest BCUT2D eigenvalue weighted by atomic mass is 35.5. The second-order valence-corrected chi connectivity index (χ2v) is 4.87. The topological polar surface area (TPSA) is 9.23 Å². The van der Waals surface area contributed by atoms with Crippen LogP contribution in [0.2, 0.25) is 5.02 Å². The number of hydrogen-bond acceptors (Lipinski definition) is 1. The molecule has 1 heterocycles. The van der Waals surface area contributed by atoms with Gasteiger partial charge in [0.2, 0.25) is 0 Å². The maximum Gasteiger partial charge on any atom is 0.130 e. The molecule has 86 valence electrons. The summed E-state index contributed by atoms with van der Waals surface area (Å²) in [4.78, 5) is 0. The number of ether oxygens (including phenoxy) is 1. The molecule has 1 atom stereocenters. The first-order valence-electron chi connectivity index (χ1n) is 5.78. The van der Waals surface area contributed by atoms with E-state index in [2.05, 4.69) is 25.1 Å². The first kappa shape index (κ1) is 10.7. The molecule has 0 fully saturated rings. The zero-order valence-electron chi connectivity index (χ0n) is 9.61. The van der Waals surface area contributed by atoms with E-state index in [0.717, 1.165) is 28.3 Å². The van der Waals surface area contributed by atoms with Gasteiger partial charge in [0, 0.05) is 17.0 Å². The van der Waals surface area contributed by atoms with Crippen molar-refractivity contribution in [2.75, 3.05) is 0 Å². The second kappa shape index (κ2) is 4.08. The van der Waals surface area contributed by atoms with Crippen molar-refractivity contribution in [2.24, 2.45) is 0 Å². The average Bonchev–Trinajstić information content (AvgIpc) is 2.70. The fourth-order valence-corrected chi connectivity index (χ4v) is 2.42. The molecule has 2 heteroatoms. The average molecular weight is 245 g/mol. The summed E-state index contributed by atoms with van der Waals surface area (Å²) < 4.78 is 5.89. The molecule has 0 N–H and O–H groups in total. The third-order valence-electron chi connectivity index (χ3n) is 3.08. The van der Waals surface area contributed by atoms with Crippen LogP contribution in [0.1, 0.15) is 12.5 Å². The number of para-hydroxylation sites is 1. The molecule has 3 rings (SSSR count). The van der Waals surface area contributed by atoms with Crippen LogP contribution in [0, 0.1) is 0 Å². The van der Waals surface area contributed by atoms with Gasteiger partial charge in [-0.25, -0.2) is 0 Å². The maximum atomic E-state index is 5.91. The Balaban J connectivity index is 2.10. The van der Waals surface area contributed by atoms with E-state index in [9.17, 15) is 0 Å². The van der Waals surface area contributed by atoms with Gasteiger partial charge in [-0.05, 0) is 30.2 Å². The molecule has 0 aromatic heterocycles. The molecule has 17 heavy (non-hydrogen) atoms. The van der Waals surface area contributed by atoms with Crippen LogP contribution >= 0.6 is 11.6 Å². The van der Waals surface area contributed by atoms with Crippen molar-refractivity contribution in [1.82, 2.24) is 0 Å². The number of halogens is 1. The molecule has 0 aliphatic carbocycles. The molecule has 1 aliphatic rings. The van der Waals surface area contributed by atoms with Gasteiger partial charge in [-0.3, -0.25) is 0 Å². The van der Waals surface area contributed by atoms with E-state index >= 15 is 0 Å². The molecule has 0 saturated carbocycles. The van der Waals surface area contributed by atoms with Crippen LogP contribution in [-0.2, 0) is 6.42 Å². The van der Waals surface area contributed by atoms with E-state index in [1.54, 1.807) is 0 Å². The minimum Gasteiger partial charge on any atom is -0.489 e. The van der Waals surface area contributed by atoms with Crippen molar-refractivity contribution in [3.8, 4) is 16.9 Å². The Bertz CT molecular complexity index is 545. The van der Waals surface area contributed by atoms with Gasteiger partial charge in [-0.2, -0.15) is 0 Å². The summed E-state index contributed by atoms with van der Waals surface area (Å²) >= 11 is 5.91. The molecule has 2 aromatic rings. The summed E-state index contributed by atoms with van der Waals surface area (Å²) in [6.45, 7) is 2.10. The lowest BCUT2D eigenvalue weighted by Gasteiger charge is -2.09. The summed E-state index contributed by atoms with van der Waals surface area (Å²) in [5, 5.41) is 0.760. The molecule has 1 nitrogen and oxygen atoms in total. The van der Waals surface area contributed by atoms with Crippen LogP contribution in [0.15, 0.2) is 42.5 Å². The highest BCUT2D eigenvalue weighted by Crippen LogP contribution is 2.38. The highest BCUT2D eigenvalue weighted by Gasteiger charge is 2.22. The quantitative estimate of drug-likeness (QED) is 0.726. The number of benzene rings is 2. The zero-order valence-corrected chi connectivity index (χ0v) is 10.4. The molecule has 0 bridgehead atoms. The van der Waals surface area contributed by atoms with Crippen LogP contribution in [-0.4, -0.2) is 6.10 Å². The van der Waals surface area contributed by atoms with Crippen LogP contribution in [0.5, 0.6) is 5.75 Å². The monoisotopic (exact) mass is 244 g/mol. The molecule has 1 aliphatic heterocycles. The molecule has 0 amide bonds. The van der Waals surface area contributed by atoms with Crippen molar-refractivity contribution in [3.63, 3.8) is 0 Å². The Morgan fingerprint density at radius 2 is 1.88 bits per heavy atom. The molecule has 0 radical (unpaired) electrons. The fraction of sp³-hybridized carbons (Fsp3) is 0.200. The Kier molecular flexibility index (Phi) is 2.56. The van der Waals surface area contributed by atoms with Crippen molar-refractivity contribution in [2.45, 2.75) is 19.4 Å². The van der Waals surface area contributed by atoms with Gasteiger partial charge in [-0.15, -0.1) is 0 Å². The minimum absolute atomic E-state index is 0.276. The van der Waals surface area contributed by atoms with Crippen LogP contribution in [0.4, 0.5) is 0 Å². The largest absolute Gasteiger partial charge is 0.489 e. The normalized spacial score (nSPS) is 17.6.